The standard InChI is InChI=1S/C24H34F9N3O5/c1-11(2)14(16(37)21(25,26)22(27,28)23(29,30)24(31,32)33)34-17(38)13-9-8-10-36(13)18(39)15(12(3)4)35-19(40)41-20(5,6)7/h11-15H,8-10H2,1-7H3,(H,34,38)(H,35,40)/t13-,14-,15-/m0/s1. The molecule has 8 nitrogen and oxygen atoms in total. The number of halogens is 9. The highest BCUT2D eigenvalue weighted by Crippen LogP contribution is 2.53. The minimum absolute atomic E-state index is 0.0809. The summed E-state index contributed by atoms with van der Waals surface area (Å²) in [5, 5.41) is 4.08. The lowest BCUT2D eigenvalue weighted by molar-refractivity contribution is -0.388. The Morgan fingerprint density at radius 3 is 1.68 bits per heavy atom. The summed E-state index contributed by atoms with van der Waals surface area (Å²) in [6.07, 6.45) is -8.02. The second-order valence-corrected chi connectivity index (χ2v) is 11.4. The Labute approximate surface area is 230 Å². The molecule has 17 heteroatoms. The molecule has 0 radical (unpaired) electrons. The van der Waals surface area contributed by atoms with Gasteiger partial charge in [-0.1, -0.05) is 27.7 Å². The predicted octanol–water partition coefficient (Wildman–Crippen LogP) is 4.70. The Bertz CT molecular complexity index is 994. The molecule has 238 valence electrons. The number of hydrogen-bond acceptors (Lipinski definition) is 5. The van der Waals surface area contributed by atoms with E-state index >= 15 is 0 Å². The average Bonchev–Trinajstić information content (AvgIpc) is 3.27. The third-order valence-corrected chi connectivity index (χ3v) is 6.14. The largest absolute Gasteiger partial charge is 0.460 e. The molecule has 41 heavy (non-hydrogen) atoms. The minimum atomic E-state index is -7.29. The third-order valence-electron chi connectivity index (χ3n) is 6.14. The monoisotopic (exact) mass is 615 g/mol. The van der Waals surface area contributed by atoms with Crippen molar-refractivity contribution in [2.45, 2.75) is 109 Å². The third kappa shape index (κ3) is 7.76. The van der Waals surface area contributed by atoms with Crippen LogP contribution in [0.5, 0.6) is 0 Å². The van der Waals surface area contributed by atoms with Crippen LogP contribution < -0.4 is 10.6 Å². The lowest BCUT2D eigenvalue weighted by Gasteiger charge is -2.36. The minimum Gasteiger partial charge on any atom is -0.444 e. The van der Waals surface area contributed by atoms with Gasteiger partial charge in [-0.2, -0.15) is 39.5 Å². The number of hydrogen-bond donors (Lipinski definition) is 2. The Kier molecular flexibility index (Phi) is 10.8. The van der Waals surface area contributed by atoms with E-state index in [4.69, 9.17) is 4.74 Å². The molecule has 0 saturated carbocycles. The molecule has 0 unspecified atom stereocenters. The Morgan fingerprint density at radius 1 is 0.780 bits per heavy atom. The topological polar surface area (TPSA) is 105 Å². The number of alkyl carbamates (subject to hydrolysis) is 1. The Balaban J connectivity index is 3.24. The van der Waals surface area contributed by atoms with E-state index in [-0.39, 0.29) is 19.4 Å². The van der Waals surface area contributed by atoms with Crippen LogP contribution in [0.15, 0.2) is 0 Å². The van der Waals surface area contributed by atoms with Gasteiger partial charge in [-0.15, -0.1) is 0 Å². The van der Waals surface area contributed by atoms with Gasteiger partial charge < -0.3 is 20.3 Å². The molecule has 1 rings (SSSR count). The van der Waals surface area contributed by atoms with Crippen molar-refractivity contribution in [1.82, 2.24) is 15.5 Å². The molecule has 0 aromatic rings. The first-order valence-corrected chi connectivity index (χ1v) is 12.6. The molecule has 1 saturated heterocycles. The van der Waals surface area contributed by atoms with Crippen molar-refractivity contribution in [3.8, 4) is 0 Å². The van der Waals surface area contributed by atoms with Gasteiger partial charge >= 0.3 is 30.0 Å². The fraction of sp³-hybridized carbons (Fsp3) is 0.833. The van der Waals surface area contributed by atoms with Gasteiger partial charge in [0.05, 0.1) is 6.04 Å². The highest BCUT2D eigenvalue weighted by Gasteiger charge is 2.84. The highest BCUT2D eigenvalue weighted by molar-refractivity contribution is 5.97. The molecule has 2 N–H and O–H groups in total. The maximum absolute atomic E-state index is 14.4. The summed E-state index contributed by atoms with van der Waals surface area (Å²) in [5.41, 5.74) is -0.925. The summed E-state index contributed by atoms with van der Waals surface area (Å²) in [7, 11) is 0. The molecule has 3 atom stereocenters. The number of nitrogens with zero attached hydrogens (tertiary/aromatic N) is 1. The van der Waals surface area contributed by atoms with Gasteiger partial charge in [0.25, 0.3) is 0 Å². The number of alkyl halides is 9. The normalized spacial score (nSPS) is 18.8. The van der Waals surface area contributed by atoms with E-state index in [2.05, 4.69) is 5.32 Å². The lowest BCUT2D eigenvalue weighted by Crippen LogP contribution is -2.67. The van der Waals surface area contributed by atoms with Crippen molar-refractivity contribution >= 4 is 23.7 Å². The first-order valence-electron chi connectivity index (χ1n) is 12.6. The van der Waals surface area contributed by atoms with Crippen LogP contribution in [0.2, 0.25) is 0 Å². The number of carbonyl (C=O) groups excluding carboxylic acids is 4. The van der Waals surface area contributed by atoms with E-state index in [0.29, 0.717) is 0 Å². The van der Waals surface area contributed by atoms with Gasteiger partial charge in [0.2, 0.25) is 17.6 Å². The number of likely N-dealkylation sites (tertiary alicyclic amines) is 1. The van der Waals surface area contributed by atoms with Gasteiger partial charge in [-0.05, 0) is 45.4 Å². The number of nitrogens with one attached hydrogen (secondary N) is 2. The summed E-state index contributed by atoms with van der Waals surface area (Å²) in [4.78, 5) is 51.8. The number of ketones is 1. The Morgan fingerprint density at radius 2 is 1.27 bits per heavy atom. The molecule has 1 fully saturated rings. The fourth-order valence-corrected chi connectivity index (χ4v) is 3.94. The van der Waals surface area contributed by atoms with Crippen LogP contribution in [0.4, 0.5) is 44.3 Å². The molecule has 0 aromatic carbocycles. The maximum atomic E-state index is 14.4. The van der Waals surface area contributed by atoms with E-state index in [1.807, 2.05) is 0 Å². The molecule has 0 bridgehead atoms. The van der Waals surface area contributed by atoms with Gasteiger partial charge in [-0.3, -0.25) is 14.4 Å². The summed E-state index contributed by atoms with van der Waals surface area (Å²) in [6.45, 7) is 9.63. The van der Waals surface area contributed by atoms with E-state index < -0.39 is 83.2 Å². The van der Waals surface area contributed by atoms with Crippen molar-refractivity contribution in [1.29, 1.82) is 0 Å². The molecule has 0 aromatic heterocycles. The van der Waals surface area contributed by atoms with E-state index in [1.54, 1.807) is 39.9 Å². The number of ether oxygens (including phenoxy) is 1. The van der Waals surface area contributed by atoms with Crippen LogP contribution >= 0.6 is 0 Å². The van der Waals surface area contributed by atoms with Crippen LogP contribution in [0.25, 0.3) is 0 Å². The van der Waals surface area contributed by atoms with Gasteiger partial charge in [0.15, 0.2) is 0 Å². The van der Waals surface area contributed by atoms with Crippen LogP contribution in [0, 0.1) is 11.8 Å². The zero-order chi connectivity index (χ0) is 32.5. The van der Waals surface area contributed by atoms with Gasteiger partial charge in [-0.25, -0.2) is 4.79 Å². The smallest absolute Gasteiger partial charge is 0.444 e. The van der Waals surface area contributed by atoms with Crippen molar-refractivity contribution < 1.29 is 63.4 Å². The molecule has 0 spiro atoms. The summed E-state index contributed by atoms with van der Waals surface area (Å²) < 4.78 is 126. The Hall–Kier alpha value is -2.75. The molecular weight excluding hydrogens is 581 g/mol. The average molecular weight is 616 g/mol. The fourth-order valence-electron chi connectivity index (χ4n) is 3.94. The van der Waals surface area contributed by atoms with E-state index in [9.17, 15) is 58.7 Å². The molecule has 3 amide bonds. The molecule has 1 heterocycles. The predicted molar refractivity (Wildman–Crippen MR) is 125 cm³/mol. The SMILES string of the molecule is CC(C)[C@H](NC(=O)OC(C)(C)C)C(=O)N1CCC[C@H]1C(=O)N[C@H](C(=O)C(F)(F)C(F)(F)C(F)(F)C(F)(F)F)C(C)C. The molecule has 0 aliphatic carbocycles. The number of rotatable bonds is 10. The summed E-state index contributed by atoms with van der Waals surface area (Å²) in [6, 6.07) is -5.34. The van der Waals surface area contributed by atoms with Crippen LogP contribution in [0.3, 0.4) is 0 Å². The van der Waals surface area contributed by atoms with Crippen molar-refractivity contribution in [2.24, 2.45) is 11.8 Å². The van der Waals surface area contributed by atoms with Gasteiger partial charge in [0, 0.05) is 6.54 Å². The summed E-state index contributed by atoms with van der Waals surface area (Å²) in [5.74, 6) is -28.3. The quantitative estimate of drug-likeness (QED) is 0.347. The van der Waals surface area contributed by atoms with E-state index in [0.717, 1.165) is 18.7 Å². The van der Waals surface area contributed by atoms with Crippen LogP contribution in [-0.2, 0) is 19.1 Å². The maximum Gasteiger partial charge on any atom is 0.460 e. The van der Waals surface area contributed by atoms with Crippen molar-refractivity contribution in [2.75, 3.05) is 6.54 Å². The first-order chi connectivity index (χ1) is 18.2. The van der Waals surface area contributed by atoms with Crippen LogP contribution in [-0.4, -0.2) is 82.8 Å². The number of carbonyl (C=O) groups is 4. The second kappa shape index (κ2) is 12.2. The zero-order valence-corrected chi connectivity index (χ0v) is 23.4. The molecule has 1 aliphatic rings. The number of amides is 3. The summed E-state index contributed by atoms with van der Waals surface area (Å²) >= 11 is 0. The number of Topliss-reactive ketones (excluding diaryl/α,β-unsaturated/α-hetero) is 1. The van der Waals surface area contributed by atoms with Gasteiger partial charge in [0.1, 0.15) is 17.7 Å². The second-order valence-electron chi connectivity index (χ2n) is 11.4. The molecule has 1 aliphatic heterocycles. The zero-order valence-electron chi connectivity index (χ0n) is 23.4. The van der Waals surface area contributed by atoms with E-state index in [1.165, 1.54) is 0 Å². The van der Waals surface area contributed by atoms with Crippen molar-refractivity contribution in [3.05, 3.63) is 0 Å². The molecular formula is C24H34F9N3O5. The lowest BCUT2D eigenvalue weighted by atomic mass is 9.90. The first kappa shape index (κ1) is 36.3. The van der Waals surface area contributed by atoms with Crippen molar-refractivity contribution in [3.63, 3.8) is 0 Å². The van der Waals surface area contributed by atoms with Crippen LogP contribution in [0.1, 0.15) is 61.3 Å². The highest BCUT2D eigenvalue weighted by atomic mass is 19.4.